The number of carbonyl (C=O) groups excluding carboxylic acids is 2. The van der Waals surface area contributed by atoms with Crippen LogP contribution in [0.15, 0.2) is 0 Å². The van der Waals surface area contributed by atoms with E-state index in [1.165, 1.54) is 0 Å². The predicted octanol–water partition coefficient (Wildman–Crippen LogP) is 1.69. The molecular formula is C15H28N2O3. The zero-order chi connectivity index (χ0) is 15.3. The molecule has 1 fully saturated rings. The van der Waals surface area contributed by atoms with E-state index in [1.54, 1.807) is 11.8 Å². The molecule has 0 aromatic heterocycles. The molecule has 1 saturated carbocycles. The Bertz CT molecular complexity index is 357. The van der Waals surface area contributed by atoms with Crippen molar-refractivity contribution in [1.29, 1.82) is 0 Å². The normalized spacial score (nSPS) is 26.4. The number of ether oxygens (including phenoxy) is 1. The molecule has 2 unspecified atom stereocenters. The van der Waals surface area contributed by atoms with Gasteiger partial charge in [0, 0.05) is 6.04 Å². The molecule has 20 heavy (non-hydrogen) atoms. The summed E-state index contributed by atoms with van der Waals surface area (Å²) in [6.07, 6.45) is 3.47. The molecule has 2 atom stereocenters. The molecule has 1 aliphatic carbocycles. The third kappa shape index (κ3) is 4.20. The highest BCUT2D eigenvalue weighted by Gasteiger charge is 2.41. The van der Waals surface area contributed by atoms with Gasteiger partial charge in [0.05, 0.1) is 12.1 Å². The molecule has 5 heteroatoms. The van der Waals surface area contributed by atoms with E-state index in [0.29, 0.717) is 25.4 Å². The van der Waals surface area contributed by atoms with Crippen molar-refractivity contribution >= 4 is 11.9 Å². The maximum atomic E-state index is 12.7. The summed E-state index contributed by atoms with van der Waals surface area (Å²) in [5.41, 5.74) is 5.51. The number of rotatable bonds is 5. The molecule has 2 N–H and O–H groups in total. The van der Waals surface area contributed by atoms with E-state index < -0.39 is 5.54 Å². The lowest BCUT2D eigenvalue weighted by Gasteiger charge is -2.40. The second kappa shape index (κ2) is 7.07. The van der Waals surface area contributed by atoms with Crippen LogP contribution in [-0.2, 0) is 14.3 Å². The fourth-order valence-electron chi connectivity index (χ4n) is 2.91. The molecule has 0 bridgehead atoms. The van der Waals surface area contributed by atoms with Crippen LogP contribution in [0.25, 0.3) is 0 Å². The largest absolute Gasteiger partial charge is 0.465 e. The molecule has 1 amide bonds. The summed E-state index contributed by atoms with van der Waals surface area (Å²) < 4.78 is 4.94. The Kier molecular flexibility index (Phi) is 5.99. The number of carbonyl (C=O) groups is 2. The maximum Gasteiger partial charge on any atom is 0.325 e. The van der Waals surface area contributed by atoms with Gasteiger partial charge in [0.15, 0.2) is 0 Å². The summed E-state index contributed by atoms with van der Waals surface area (Å²) in [5.74, 6) is -0.0385. The van der Waals surface area contributed by atoms with E-state index in [1.807, 2.05) is 13.8 Å². The number of hydrogen-bond donors (Lipinski definition) is 1. The molecule has 0 aromatic carbocycles. The second-order valence-corrected chi connectivity index (χ2v) is 6.19. The van der Waals surface area contributed by atoms with Gasteiger partial charge in [0.1, 0.15) is 6.54 Å². The summed E-state index contributed by atoms with van der Waals surface area (Å²) in [4.78, 5) is 25.9. The van der Waals surface area contributed by atoms with Crippen LogP contribution < -0.4 is 5.73 Å². The third-order valence-corrected chi connectivity index (χ3v) is 3.95. The highest BCUT2D eigenvalue weighted by atomic mass is 16.5. The Labute approximate surface area is 121 Å². The standard InChI is InChI=1S/C15H28N2O3/c1-5-20-13(18)10-17(11(2)3)14(19)15(16)8-6-7-12(4)9-15/h11-12H,5-10,16H2,1-4H3. The van der Waals surface area contributed by atoms with Crippen LogP contribution in [0.2, 0.25) is 0 Å². The van der Waals surface area contributed by atoms with Crippen LogP contribution in [0.1, 0.15) is 53.4 Å². The third-order valence-electron chi connectivity index (χ3n) is 3.95. The van der Waals surface area contributed by atoms with Gasteiger partial charge in [-0.3, -0.25) is 9.59 Å². The van der Waals surface area contributed by atoms with E-state index in [2.05, 4.69) is 6.92 Å². The van der Waals surface area contributed by atoms with E-state index in [9.17, 15) is 9.59 Å². The molecule has 1 aliphatic rings. The van der Waals surface area contributed by atoms with Crippen LogP contribution >= 0.6 is 0 Å². The van der Waals surface area contributed by atoms with Crippen molar-refractivity contribution in [3.05, 3.63) is 0 Å². The van der Waals surface area contributed by atoms with Crippen molar-refractivity contribution in [3.63, 3.8) is 0 Å². The zero-order valence-electron chi connectivity index (χ0n) is 13.1. The first-order chi connectivity index (χ1) is 9.30. The van der Waals surface area contributed by atoms with Crippen LogP contribution in [0.3, 0.4) is 0 Å². The van der Waals surface area contributed by atoms with Gasteiger partial charge in [0.25, 0.3) is 0 Å². The van der Waals surface area contributed by atoms with Crippen molar-refractivity contribution in [2.24, 2.45) is 11.7 Å². The van der Waals surface area contributed by atoms with Crippen LogP contribution in [0.4, 0.5) is 0 Å². The van der Waals surface area contributed by atoms with Crippen molar-refractivity contribution in [1.82, 2.24) is 4.90 Å². The highest BCUT2D eigenvalue weighted by Crippen LogP contribution is 2.32. The fraction of sp³-hybridized carbons (Fsp3) is 0.867. The topological polar surface area (TPSA) is 72.6 Å². The number of amides is 1. The average molecular weight is 284 g/mol. The SMILES string of the molecule is CCOC(=O)CN(C(=O)C1(N)CCCC(C)C1)C(C)C. The number of nitrogens with two attached hydrogens (primary N) is 1. The van der Waals surface area contributed by atoms with Gasteiger partial charge in [-0.1, -0.05) is 19.8 Å². The molecule has 0 aliphatic heterocycles. The molecule has 0 heterocycles. The maximum absolute atomic E-state index is 12.7. The summed E-state index contributed by atoms with van der Waals surface area (Å²) in [6.45, 7) is 7.98. The van der Waals surface area contributed by atoms with Crippen LogP contribution in [0, 0.1) is 5.92 Å². The Balaban J connectivity index is 2.80. The predicted molar refractivity (Wildman–Crippen MR) is 78.0 cm³/mol. The Morgan fingerprint density at radius 1 is 1.45 bits per heavy atom. The molecular weight excluding hydrogens is 256 g/mol. The molecule has 0 aromatic rings. The lowest BCUT2D eigenvalue weighted by molar-refractivity contribution is -0.152. The zero-order valence-corrected chi connectivity index (χ0v) is 13.1. The summed E-state index contributed by atoms with van der Waals surface area (Å²) in [5, 5.41) is 0. The van der Waals surface area contributed by atoms with Crippen molar-refractivity contribution in [2.75, 3.05) is 13.2 Å². The minimum atomic E-state index is -0.825. The fourth-order valence-corrected chi connectivity index (χ4v) is 2.91. The minimum absolute atomic E-state index is 0.0162. The molecule has 0 radical (unpaired) electrons. The molecule has 0 spiro atoms. The average Bonchev–Trinajstić information content (AvgIpc) is 2.35. The Morgan fingerprint density at radius 2 is 2.10 bits per heavy atom. The lowest BCUT2D eigenvalue weighted by Crippen LogP contribution is -2.59. The van der Waals surface area contributed by atoms with Gasteiger partial charge in [-0.25, -0.2) is 0 Å². The van der Waals surface area contributed by atoms with E-state index in [-0.39, 0.29) is 24.5 Å². The molecule has 0 saturated heterocycles. The molecule has 5 nitrogen and oxygen atoms in total. The lowest BCUT2D eigenvalue weighted by atomic mass is 9.76. The number of esters is 1. The van der Waals surface area contributed by atoms with Gasteiger partial charge >= 0.3 is 5.97 Å². The van der Waals surface area contributed by atoms with E-state index >= 15 is 0 Å². The van der Waals surface area contributed by atoms with Crippen molar-refractivity contribution < 1.29 is 14.3 Å². The minimum Gasteiger partial charge on any atom is -0.465 e. The molecule has 1 rings (SSSR count). The van der Waals surface area contributed by atoms with Gasteiger partial charge in [-0.05, 0) is 39.5 Å². The first kappa shape index (κ1) is 17.0. The van der Waals surface area contributed by atoms with Gasteiger partial charge in [-0.2, -0.15) is 0 Å². The van der Waals surface area contributed by atoms with Crippen LogP contribution in [-0.4, -0.2) is 41.5 Å². The first-order valence-corrected chi connectivity index (χ1v) is 7.55. The van der Waals surface area contributed by atoms with Gasteiger partial charge < -0.3 is 15.4 Å². The Morgan fingerprint density at radius 3 is 2.60 bits per heavy atom. The summed E-state index contributed by atoms with van der Waals surface area (Å²) in [7, 11) is 0. The highest BCUT2D eigenvalue weighted by molar-refractivity contribution is 5.89. The number of nitrogens with zero attached hydrogens (tertiary/aromatic N) is 1. The van der Waals surface area contributed by atoms with E-state index in [4.69, 9.17) is 10.5 Å². The van der Waals surface area contributed by atoms with Crippen molar-refractivity contribution in [2.45, 2.75) is 65.0 Å². The van der Waals surface area contributed by atoms with E-state index in [0.717, 1.165) is 12.8 Å². The summed E-state index contributed by atoms with van der Waals surface area (Å²) in [6, 6.07) is -0.0652. The second-order valence-electron chi connectivity index (χ2n) is 6.19. The molecule has 116 valence electrons. The monoisotopic (exact) mass is 284 g/mol. The first-order valence-electron chi connectivity index (χ1n) is 7.55. The summed E-state index contributed by atoms with van der Waals surface area (Å²) >= 11 is 0. The van der Waals surface area contributed by atoms with Crippen molar-refractivity contribution in [3.8, 4) is 0 Å². The Hall–Kier alpha value is -1.10. The quantitative estimate of drug-likeness (QED) is 0.780. The van der Waals surface area contributed by atoms with Gasteiger partial charge in [0.2, 0.25) is 5.91 Å². The van der Waals surface area contributed by atoms with Crippen LogP contribution in [0.5, 0.6) is 0 Å². The van der Waals surface area contributed by atoms with Gasteiger partial charge in [-0.15, -0.1) is 0 Å². The number of hydrogen-bond acceptors (Lipinski definition) is 4. The smallest absolute Gasteiger partial charge is 0.325 e.